The maximum Gasteiger partial charge on any atom is 0.341 e. The van der Waals surface area contributed by atoms with E-state index in [0.29, 0.717) is 11.4 Å². The number of carboxylic acids is 1. The van der Waals surface area contributed by atoms with Crippen molar-refractivity contribution < 1.29 is 9.90 Å². The SMILES string of the molecule is Cc1cc(C(=O)O)c(=O)n(-c2cccc(Br)c2)n1. The molecule has 0 spiro atoms. The van der Waals surface area contributed by atoms with Crippen molar-refractivity contribution in [1.29, 1.82) is 0 Å². The Balaban J connectivity index is 2.72. The zero-order valence-electron chi connectivity index (χ0n) is 9.42. The fourth-order valence-electron chi connectivity index (χ4n) is 1.55. The molecule has 0 radical (unpaired) electrons. The fraction of sp³-hybridized carbons (Fsp3) is 0.0833. The monoisotopic (exact) mass is 308 g/mol. The number of hydrogen-bond acceptors (Lipinski definition) is 3. The summed E-state index contributed by atoms with van der Waals surface area (Å²) in [6.07, 6.45) is 0. The molecule has 1 aromatic carbocycles. The van der Waals surface area contributed by atoms with Gasteiger partial charge in [-0.3, -0.25) is 4.79 Å². The summed E-state index contributed by atoms with van der Waals surface area (Å²) >= 11 is 3.29. The van der Waals surface area contributed by atoms with E-state index in [0.717, 1.165) is 9.15 Å². The summed E-state index contributed by atoms with van der Waals surface area (Å²) < 4.78 is 1.87. The van der Waals surface area contributed by atoms with Crippen molar-refractivity contribution >= 4 is 21.9 Å². The van der Waals surface area contributed by atoms with Crippen molar-refractivity contribution in [3.05, 3.63) is 56.4 Å². The van der Waals surface area contributed by atoms with Crippen LogP contribution < -0.4 is 5.56 Å². The number of hydrogen-bond donors (Lipinski definition) is 1. The third kappa shape index (κ3) is 2.33. The molecule has 0 saturated carbocycles. The maximum atomic E-state index is 12.0. The molecular formula is C12H9BrN2O3. The van der Waals surface area contributed by atoms with Gasteiger partial charge in [0.25, 0.3) is 5.56 Å². The average molecular weight is 309 g/mol. The van der Waals surface area contributed by atoms with Crippen molar-refractivity contribution in [3.8, 4) is 5.69 Å². The van der Waals surface area contributed by atoms with E-state index in [9.17, 15) is 9.59 Å². The molecule has 0 bridgehead atoms. The minimum absolute atomic E-state index is 0.289. The van der Waals surface area contributed by atoms with Crippen LogP contribution in [0.5, 0.6) is 0 Å². The predicted molar refractivity (Wildman–Crippen MR) is 69.2 cm³/mol. The number of halogens is 1. The highest BCUT2D eigenvalue weighted by Gasteiger charge is 2.14. The van der Waals surface area contributed by atoms with Crippen LogP contribution in [-0.4, -0.2) is 20.9 Å². The molecular weight excluding hydrogens is 300 g/mol. The smallest absolute Gasteiger partial charge is 0.341 e. The minimum Gasteiger partial charge on any atom is -0.477 e. The van der Waals surface area contributed by atoms with Gasteiger partial charge in [0.15, 0.2) is 0 Å². The number of nitrogens with zero attached hydrogens (tertiary/aromatic N) is 2. The molecule has 2 aromatic rings. The third-order valence-corrected chi connectivity index (χ3v) is 2.81. The van der Waals surface area contributed by atoms with Crippen LogP contribution in [0, 0.1) is 6.92 Å². The number of aryl methyl sites for hydroxylation is 1. The zero-order valence-corrected chi connectivity index (χ0v) is 11.0. The van der Waals surface area contributed by atoms with E-state index in [4.69, 9.17) is 5.11 Å². The Morgan fingerprint density at radius 1 is 1.39 bits per heavy atom. The van der Waals surface area contributed by atoms with E-state index >= 15 is 0 Å². The Hall–Kier alpha value is -1.95. The van der Waals surface area contributed by atoms with E-state index in [1.807, 2.05) is 6.07 Å². The van der Waals surface area contributed by atoms with E-state index in [1.54, 1.807) is 25.1 Å². The summed E-state index contributed by atoms with van der Waals surface area (Å²) in [5.41, 5.74) is 0.0428. The molecule has 0 aliphatic carbocycles. The molecule has 18 heavy (non-hydrogen) atoms. The maximum absolute atomic E-state index is 12.0. The van der Waals surface area contributed by atoms with Gasteiger partial charge in [-0.15, -0.1) is 0 Å². The van der Waals surface area contributed by atoms with Crippen LogP contribution in [0.1, 0.15) is 16.1 Å². The van der Waals surface area contributed by atoms with Crippen LogP contribution >= 0.6 is 15.9 Å². The normalized spacial score (nSPS) is 10.3. The molecule has 0 fully saturated rings. The first-order chi connectivity index (χ1) is 8.49. The topological polar surface area (TPSA) is 72.2 Å². The summed E-state index contributed by atoms with van der Waals surface area (Å²) in [6, 6.07) is 8.20. The van der Waals surface area contributed by atoms with Crippen LogP contribution in [0.2, 0.25) is 0 Å². The molecule has 6 heteroatoms. The second-order valence-corrected chi connectivity index (χ2v) is 4.62. The van der Waals surface area contributed by atoms with Gasteiger partial charge in [0.1, 0.15) is 5.56 Å². The summed E-state index contributed by atoms with van der Waals surface area (Å²) in [6.45, 7) is 1.64. The lowest BCUT2D eigenvalue weighted by atomic mass is 10.2. The summed E-state index contributed by atoms with van der Waals surface area (Å²) in [4.78, 5) is 23.0. The molecule has 1 aromatic heterocycles. The van der Waals surface area contributed by atoms with Gasteiger partial charge in [-0.1, -0.05) is 22.0 Å². The Kier molecular flexibility index (Phi) is 3.29. The summed E-state index contributed by atoms with van der Waals surface area (Å²) in [7, 11) is 0. The van der Waals surface area contributed by atoms with Crippen LogP contribution in [0.3, 0.4) is 0 Å². The fourth-order valence-corrected chi connectivity index (χ4v) is 1.94. The number of rotatable bonds is 2. The molecule has 0 unspecified atom stereocenters. The number of carboxylic acid groups (broad SMARTS) is 1. The van der Waals surface area contributed by atoms with Gasteiger partial charge in [0.05, 0.1) is 11.4 Å². The molecule has 0 aliphatic heterocycles. The first-order valence-electron chi connectivity index (χ1n) is 5.09. The Bertz CT molecular complexity index is 679. The lowest BCUT2D eigenvalue weighted by Gasteiger charge is -2.07. The molecule has 92 valence electrons. The van der Waals surface area contributed by atoms with Gasteiger partial charge in [-0.2, -0.15) is 9.78 Å². The van der Waals surface area contributed by atoms with Crippen LogP contribution in [0.15, 0.2) is 39.6 Å². The van der Waals surface area contributed by atoms with Crippen molar-refractivity contribution in [2.75, 3.05) is 0 Å². The highest BCUT2D eigenvalue weighted by atomic mass is 79.9. The van der Waals surface area contributed by atoms with E-state index < -0.39 is 11.5 Å². The van der Waals surface area contributed by atoms with Crippen LogP contribution in [0.25, 0.3) is 5.69 Å². The molecule has 1 N–H and O–H groups in total. The van der Waals surface area contributed by atoms with E-state index in [-0.39, 0.29) is 5.56 Å². The van der Waals surface area contributed by atoms with Crippen LogP contribution in [0.4, 0.5) is 0 Å². The molecule has 0 amide bonds. The van der Waals surface area contributed by atoms with Gasteiger partial charge in [-0.25, -0.2) is 4.79 Å². The van der Waals surface area contributed by atoms with E-state index in [2.05, 4.69) is 21.0 Å². The van der Waals surface area contributed by atoms with Crippen LogP contribution in [-0.2, 0) is 0 Å². The number of aromatic nitrogens is 2. The van der Waals surface area contributed by atoms with Crippen molar-refractivity contribution in [2.24, 2.45) is 0 Å². The highest BCUT2D eigenvalue weighted by molar-refractivity contribution is 9.10. The Morgan fingerprint density at radius 2 is 2.11 bits per heavy atom. The second kappa shape index (κ2) is 4.73. The van der Waals surface area contributed by atoms with Gasteiger partial charge in [-0.05, 0) is 31.2 Å². The largest absolute Gasteiger partial charge is 0.477 e. The van der Waals surface area contributed by atoms with Crippen molar-refractivity contribution in [3.63, 3.8) is 0 Å². The number of benzene rings is 1. The van der Waals surface area contributed by atoms with Gasteiger partial charge < -0.3 is 5.11 Å². The molecule has 0 aliphatic rings. The lowest BCUT2D eigenvalue weighted by Crippen LogP contribution is -2.27. The molecule has 2 rings (SSSR count). The molecule has 1 heterocycles. The average Bonchev–Trinajstić information content (AvgIpc) is 2.31. The number of aromatic carboxylic acids is 1. The standard InChI is InChI=1S/C12H9BrN2O3/c1-7-5-10(12(17)18)11(16)15(14-7)9-4-2-3-8(13)6-9/h2-6H,1H3,(H,17,18). The predicted octanol–water partition coefficient (Wildman–Crippen LogP) is 2.00. The zero-order chi connectivity index (χ0) is 13.3. The third-order valence-electron chi connectivity index (χ3n) is 2.32. The summed E-state index contributed by atoms with van der Waals surface area (Å²) in [5, 5.41) is 13.0. The summed E-state index contributed by atoms with van der Waals surface area (Å²) in [5.74, 6) is -1.26. The molecule has 0 saturated heterocycles. The van der Waals surface area contributed by atoms with Crippen molar-refractivity contribution in [1.82, 2.24) is 9.78 Å². The Morgan fingerprint density at radius 3 is 2.72 bits per heavy atom. The Labute approximate surface area is 111 Å². The van der Waals surface area contributed by atoms with Gasteiger partial charge >= 0.3 is 5.97 Å². The lowest BCUT2D eigenvalue weighted by molar-refractivity contribution is 0.0694. The number of carbonyl (C=O) groups is 1. The van der Waals surface area contributed by atoms with Crippen molar-refractivity contribution in [2.45, 2.75) is 6.92 Å². The quantitative estimate of drug-likeness (QED) is 0.921. The molecule has 0 atom stereocenters. The highest BCUT2D eigenvalue weighted by Crippen LogP contribution is 2.13. The van der Waals surface area contributed by atoms with E-state index in [1.165, 1.54) is 6.07 Å². The second-order valence-electron chi connectivity index (χ2n) is 3.70. The molecule has 5 nitrogen and oxygen atoms in total. The van der Waals surface area contributed by atoms with Gasteiger partial charge in [0, 0.05) is 4.47 Å². The van der Waals surface area contributed by atoms with Gasteiger partial charge in [0.2, 0.25) is 0 Å². The minimum atomic E-state index is -1.26. The first-order valence-corrected chi connectivity index (χ1v) is 5.88. The first kappa shape index (κ1) is 12.5.